The van der Waals surface area contributed by atoms with E-state index in [-0.39, 0.29) is 18.3 Å². The quantitative estimate of drug-likeness (QED) is 0.805. The highest BCUT2D eigenvalue weighted by molar-refractivity contribution is 9.10. The molecule has 0 fully saturated rings. The Bertz CT molecular complexity index is 677. The van der Waals surface area contributed by atoms with Crippen LogP contribution in [0.5, 0.6) is 5.75 Å². The van der Waals surface area contributed by atoms with E-state index in [1.54, 1.807) is 43.5 Å². The topological polar surface area (TPSA) is 42.8 Å². The molecular weight excluding hydrogens is 363 g/mol. The lowest BCUT2D eigenvalue weighted by molar-refractivity contribution is -0.885. The summed E-state index contributed by atoms with van der Waals surface area (Å²) >= 11 is 3.23. The molecule has 0 heterocycles. The Morgan fingerprint density at radius 3 is 2.57 bits per heavy atom. The van der Waals surface area contributed by atoms with Crippen LogP contribution >= 0.6 is 15.9 Å². The van der Waals surface area contributed by atoms with E-state index in [0.717, 1.165) is 10.6 Å². The maximum atomic E-state index is 13.8. The molecule has 1 atom stereocenters. The molecule has 0 aliphatic heterocycles. The Morgan fingerprint density at radius 2 is 1.96 bits per heavy atom. The maximum absolute atomic E-state index is 13.8. The monoisotopic (exact) mass is 381 g/mol. The van der Waals surface area contributed by atoms with E-state index in [9.17, 15) is 9.18 Å². The molecular formula is C17H19BrFN2O2+. The van der Waals surface area contributed by atoms with E-state index >= 15 is 0 Å². The van der Waals surface area contributed by atoms with Crippen LogP contribution in [0, 0.1) is 5.82 Å². The van der Waals surface area contributed by atoms with Crippen molar-refractivity contribution in [2.45, 2.75) is 6.54 Å². The van der Waals surface area contributed by atoms with Gasteiger partial charge in [-0.1, -0.05) is 15.9 Å². The van der Waals surface area contributed by atoms with Gasteiger partial charge >= 0.3 is 0 Å². The van der Waals surface area contributed by atoms with Gasteiger partial charge in [0, 0.05) is 15.7 Å². The van der Waals surface area contributed by atoms with Crippen LogP contribution in [-0.4, -0.2) is 26.6 Å². The first kappa shape index (κ1) is 17.4. The van der Waals surface area contributed by atoms with Crippen molar-refractivity contribution >= 4 is 27.5 Å². The van der Waals surface area contributed by atoms with Crippen molar-refractivity contribution in [2.24, 2.45) is 0 Å². The second kappa shape index (κ2) is 8.08. The highest BCUT2D eigenvalue weighted by atomic mass is 79.9. The lowest BCUT2D eigenvalue weighted by Crippen LogP contribution is -3.08. The van der Waals surface area contributed by atoms with Gasteiger partial charge in [-0.15, -0.1) is 0 Å². The number of rotatable bonds is 6. The zero-order valence-electron chi connectivity index (χ0n) is 13.0. The number of quaternary nitrogens is 1. The summed E-state index contributed by atoms with van der Waals surface area (Å²) in [5.74, 6) is 0.343. The Morgan fingerprint density at radius 1 is 1.26 bits per heavy atom. The van der Waals surface area contributed by atoms with Gasteiger partial charge in [-0.3, -0.25) is 4.79 Å². The van der Waals surface area contributed by atoms with Crippen LogP contribution in [0.4, 0.5) is 10.1 Å². The third kappa shape index (κ3) is 5.33. The number of halogens is 2. The van der Waals surface area contributed by atoms with Gasteiger partial charge in [0.05, 0.1) is 14.2 Å². The first-order valence-electron chi connectivity index (χ1n) is 7.17. The predicted octanol–water partition coefficient (Wildman–Crippen LogP) is 2.25. The zero-order valence-corrected chi connectivity index (χ0v) is 14.6. The van der Waals surface area contributed by atoms with Crippen LogP contribution in [0.1, 0.15) is 5.56 Å². The lowest BCUT2D eigenvalue weighted by atomic mass is 10.2. The van der Waals surface area contributed by atoms with E-state index in [1.807, 2.05) is 7.05 Å². The number of methoxy groups -OCH3 is 1. The fourth-order valence-corrected chi connectivity index (χ4v) is 2.54. The van der Waals surface area contributed by atoms with Crippen LogP contribution in [-0.2, 0) is 11.3 Å². The second-order valence-electron chi connectivity index (χ2n) is 5.32. The number of carbonyl (C=O) groups is 1. The number of nitrogens with one attached hydrogen (secondary N) is 2. The number of benzene rings is 2. The molecule has 0 aromatic heterocycles. The van der Waals surface area contributed by atoms with Crippen molar-refractivity contribution in [3.05, 3.63) is 58.3 Å². The third-order valence-corrected chi connectivity index (χ3v) is 3.84. The van der Waals surface area contributed by atoms with Crippen molar-refractivity contribution in [1.82, 2.24) is 0 Å². The Hall–Kier alpha value is -1.92. The average Bonchev–Trinajstić information content (AvgIpc) is 2.50. The normalized spacial score (nSPS) is 11.8. The summed E-state index contributed by atoms with van der Waals surface area (Å²) in [6.45, 7) is 0.691. The fraction of sp³-hybridized carbons (Fsp3) is 0.235. The van der Waals surface area contributed by atoms with Gasteiger partial charge in [-0.05, 0) is 42.5 Å². The number of carbonyl (C=O) groups excluding carboxylic acids is 1. The van der Waals surface area contributed by atoms with Crippen LogP contribution < -0.4 is 15.0 Å². The Kier molecular flexibility index (Phi) is 6.12. The predicted molar refractivity (Wildman–Crippen MR) is 91.2 cm³/mol. The first-order valence-corrected chi connectivity index (χ1v) is 7.96. The van der Waals surface area contributed by atoms with Crippen LogP contribution in [0.2, 0.25) is 0 Å². The molecule has 0 aliphatic rings. The van der Waals surface area contributed by atoms with E-state index in [2.05, 4.69) is 21.2 Å². The Balaban J connectivity index is 1.88. The van der Waals surface area contributed by atoms with Crippen molar-refractivity contribution in [1.29, 1.82) is 0 Å². The van der Waals surface area contributed by atoms with Crippen molar-refractivity contribution in [3.63, 3.8) is 0 Å². The maximum Gasteiger partial charge on any atom is 0.279 e. The van der Waals surface area contributed by atoms with Gasteiger partial charge in [0.1, 0.15) is 18.1 Å². The minimum Gasteiger partial charge on any atom is -0.497 e. The fourth-order valence-electron chi connectivity index (χ4n) is 2.21. The number of anilines is 1. The zero-order chi connectivity index (χ0) is 16.8. The molecule has 0 radical (unpaired) electrons. The standard InChI is InChI=1S/C17H18BrFN2O2/c1-21(10-12-3-4-13(18)9-16(12)19)11-17(22)20-14-5-7-15(23-2)8-6-14/h3-9H,10-11H2,1-2H3,(H,20,22)/p+1. The molecule has 0 saturated heterocycles. The number of likely N-dealkylation sites (N-methyl/N-ethyl adjacent to an activating group) is 1. The SMILES string of the molecule is COc1ccc(NC(=O)C[NH+](C)Cc2ccc(Br)cc2F)cc1. The summed E-state index contributed by atoms with van der Waals surface area (Å²) in [6.07, 6.45) is 0. The molecule has 0 aliphatic carbocycles. The van der Waals surface area contributed by atoms with E-state index in [1.165, 1.54) is 6.07 Å². The van der Waals surface area contributed by atoms with Gasteiger partial charge in [0.2, 0.25) is 0 Å². The smallest absolute Gasteiger partial charge is 0.279 e. The summed E-state index contributed by atoms with van der Waals surface area (Å²) in [5.41, 5.74) is 1.29. The minimum atomic E-state index is -0.269. The molecule has 0 bridgehead atoms. The first-order chi connectivity index (χ1) is 11.0. The van der Waals surface area contributed by atoms with Crippen LogP contribution in [0.3, 0.4) is 0 Å². The molecule has 122 valence electrons. The van der Waals surface area contributed by atoms with Crippen molar-refractivity contribution in [2.75, 3.05) is 26.0 Å². The minimum absolute atomic E-state index is 0.120. The number of ether oxygens (including phenoxy) is 1. The number of hydrogen-bond acceptors (Lipinski definition) is 2. The molecule has 0 saturated carbocycles. The summed E-state index contributed by atoms with van der Waals surface area (Å²) < 4.78 is 19.6. The summed E-state index contributed by atoms with van der Waals surface area (Å²) in [4.78, 5) is 12.9. The highest BCUT2D eigenvalue weighted by Gasteiger charge is 2.13. The molecule has 6 heteroatoms. The molecule has 23 heavy (non-hydrogen) atoms. The number of hydrogen-bond donors (Lipinski definition) is 2. The van der Waals surface area contributed by atoms with Gasteiger partial charge in [-0.2, -0.15) is 0 Å². The molecule has 1 amide bonds. The van der Waals surface area contributed by atoms with Crippen molar-refractivity contribution < 1.29 is 18.8 Å². The molecule has 0 spiro atoms. The molecule has 1 unspecified atom stereocenters. The van der Waals surface area contributed by atoms with Crippen LogP contribution in [0.15, 0.2) is 46.9 Å². The lowest BCUT2D eigenvalue weighted by Gasteiger charge is -2.14. The van der Waals surface area contributed by atoms with Crippen molar-refractivity contribution in [3.8, 4) is 5.75 Å². The van der Waals surface area contributed by atoms with Gasteiger partial charge in [0.15, 0.2) is 6.54 Å². The average molecular weight is 382 g/mol. The summed E-state index contributed by atoms with van der Waals surface area (Å²) in [5, 5.41) is 2.82. The molecule has 2 rings (SSSR count). The van der Waals surface area contributed by atoms with E-state index in [0.29, 0.717) is 22.3 Å². The highest BCUT2D eigenvalue weighted by Crippen LogP contribution is 2.15. The van der Waals surface area contributed by atoms with Gasteiger partial charge in [0.25, 0.3) is 5.91 Å². The molecule has 2 aromatic rings. The third-order valence-electron chi connectivity index (χ3n) is 3.34. The van der Waals surface area contributed by atoms with E-state index < -0.39 is 0 Å². The van der Waals surface area contributed by atoms with Crippen LogP contribution in [0.25, 0.3) is 0 Å². The Labute approximate surface area is 143 Å². The van der Waals surface area contributed by atoms with Gasteiger partial charge < -0.3 is 15.0 Å². The summed E-state index contributed by atoms with van der Waals surface area (Å²) in [6, 6.07) is 12.1. The molecule has 2 N–H and O–H groups in total. The molecule has 2 aromatic carbocycles. The van der Waals surface area contributed by atoms with E-state index in [4.69, 9.17) is 4.74 Å². The summed E-state index contributed by atoms with van der Waals surface area (Å²) in [7, 11) is 3.45. The number of amides is 1. The largest absolute Gasteiger partial charge is 0.497 e. The molecule has 4 nitrogen and oxygen atoms in total. The second-order valence-corrected chi connectivity index (χ2v) is 6.24. The van der Waals surface area contributed by atoms with Gasteiger partial charge in [-0.25, -0.2) is 4.39 Å².